The Hall–Kier alpha value is -4.34. The number of benzene rings is 2. The van der Waals surface area contributed by atoms with Crippen LogP contribution in [-0.4, -0.2) is 65.0 Å². The van der Waals surface area contributed by atoms with Gasteiger partial charge in [-0.05, 0) is 24.3 Å². The Kier molecular flexibility index (Phi) is 5.53. The SMILES string of the molecule is O=C(Cn1ncc2c(N3CCN(c4ccccc4)CC3)ncnc21)Nc1ccc2c(c1)OCCO2. The molecule has 35 heavy (non-hydrogen) atoms. The van der Waals surface area contributed by atoms with Gasteiger partial charge in [0.2, 0.25) is 5.91 Å². The smallest absolute Gasteiger partial charge is 0.246 e. The zero-order chi connectivity index (χ0) is 23.6. The fourth-order valence-corrected chi connectivity index (χ4v) is 4.52. The molecule has 0 radical (unpaired) electrons. The summed E-state index contributed by atoms with van der Waals surface area (Å²) in [5.41, 5.74) is 2.51. The number of nitrogens with one attached hydrogen (secondary N) is 1. The topological polar surface area (TPSA) is 97.6 Å². The van der Waals surface area contributed by atoms with Gasteiger partial charge in [-0.15, -0.1) is 0 Å². The number of anilines is 3. The van der Waals surface area contributed by atoms with E-state index in [1.165, 1.54) is 12.0 Å². The first-order valence-corrected chi connectivity index (χ1v) is 11.7. The quantitative estimate of drug-likeness (QED) is 0.474. The molecule has 6 rings (SSSR count). The molecule has 0 spiro atoms. The molecule has 4 heterocycles. The van der Waals surface area contributed by atoms with Crippen molar-refractivity contribution in [3.8, 4) is 11.5 Å². The van der Waals surface area contributed by atoms with Crippen LogP contribution in [0.3, 0.4) is 0 Å². The third-order valence-corrected chi connectivity index (χ3v) is 6.23. The Bertz CT molecular complexity index is 1350. The van der Waals surface area contributed by atoms with E-state index in [4.69, 9.17) is 9.47 Å². The number of carbonyl (C=O) groups is 1. The number of amides is 1. The first kappa shape index (κ1) is 21.2. The van der Waals surface area contributed by atoms with Crippen molar-refractivity contribution in [1.82, 2.24) is 19.7 Å². The minimum Gasteiger partial charge on any atom is -0.486 e. The summed E-state index contributed by atoms with van der Waals surface area (Å²) in [7, 11) is 0. The van der Waals surface area contributed by atoms with Crippen LogP contribution in [0.15, 0.2) is 61.1 Å². The van der Waals surface area contributed by atoms with Crippen molar-refractivity contribution in [3.05, 3.63) is 61.1 Å². The molecule has 2 aromatic carbocycles. The lowest BCUT2D eigenvalue weighted by Crippen LogP contribution is -2.46. The van der Waals surface area contributed by atoms with Gasteiger partial charge in [-0.2, -0.15) is 5.10 Å². The number of para-hydroxylation sites is 1. The molecule has 4 aromatic rings. The zero-order valence-electron chi connectivity index (χ0n) is 19.1. The van der Waals surface area contributed by atoms with E-state index in [0.29, 0.717) is 36.0 Å². The molecule has 0 aliphatic carbocycles. The number of fused-ring (bicyclic) bond motifs is 2. The largest absolute Gasteiger partial charge is 0.486 e. The average Bonchev–Trinajstić information content (AvgIpc) is 3.32. The summed E-state index contributed by atoms with van der Waals surface area (Å²) in [5, 5.41) is 8.18. The zero-order valence-corrected chi connectivity index (χ0v) is 19.1. The maximum absolute atomic E-state index is 12.7. The summed E-state index contributed by atoms with van der Waals surface area (Å²) in [6.07, 6.45) is 3.28. The van der Waals surface area contributed by atoms with E-state index in [1.54, 1.807) is 29.1 Å². The maximum atomic E-state index is 12.7. The molecule has 2 aliphatic heterocycles. The predicted octanol–water partition coefficient (Wildman–Crippen LogP) is 2.56. The van der Waals surface area contributed by atoms with Crippen LogP contribution < -0.4 is 24.6 Å². The van der Waals surface area contributed by atoms with Gasteiger partial charge in [0.1, 0.15) is 31.9 Å². The van der Waals surface area contributed by atoms with Gasteiger partial charge in [0, 0.05) is 43.6 Å². The summed E-state index contributed by atoms with van der Waals surface area (Å²) in [5.74, 6) is 1.95. The van der Waals surface area contributed by atoms with Gasteiger partial charge >= 0.3 is 0 Å². The monoisotopic (exact) mass is 471 g/mol. The molecular formula is C25H25N7O3. The lowest BCUT2D eigenvalue weighted by molar-refractivity contribution is -0.116. The number of hydrogen-bond acceptors (Lipinski definition) is 8. The summed E-state index contributed by atoms with van der Waals surface area (Å²) < 4.78 is 12.7. The Morgan fingerprint density at radius 1 is 0.914 bits per heavy atom. The molecule has 2 aromatic heterocycles. The number of hydrogen-bond donors (Lipinski definition) is 1. The summed E-state index contributed by atoms with van der Waals surface area (Å²) >= 11 is 0. The standard InChI is InChI=1S/C25H25N7O3/c33-23(29-18-6-7-21-22(14-18)35-13-12-34-21)16-32-25-20(15-28-32)24(26-17-27-25)31-10-8-30(9-11-31)19-4-2-1-3-5-19/h1-7,14-15,17H,8-13,16H2,(H,29,33). The lowest BCUT2D eigenvalue weighted by Gasteiger charge is -2.36. The molecule has 0 saturated carbocycles. The van der Waals surface area contributed by atoms with Gasteiger partial charge < -0.3 is 24.6 Å². The normalized spacial score (nSPS) is 15.3. The Balaban J connectivity index is 1.14. The molecule has 0 atom stereocenters. The highest BCUT2D eigenvalue weighted by molar-refractivity contribution is 5.93. The van der Waals surface area contributed by atoms with Crippen LogP contribution in [0.25, 0.3) is 11.0 Å². The van der Waals surface area contributed by atoms with Crippen LogP contribution in [0.1, 0.15) is 0 Å². The second-order valence-electron chi connectivity index (χ2n) is 8.45. The van der Waals surface area contributed by atoms with Crippen LogP contribution in [0.4, 0.5) is 17.2 Å². The fourth-order valence-electron chi connectivity index (χ4n) is 4.52. The summed E-state index contributed by atoms with van der Waals surface area (Å²) in [6.45, 7) is 4.55. The van der Waals surface area contributed by atoms with E-state index in [9.17, 15) is 4.79 Å². The van der Waals surface area contributed by atoms with E-state index < -0.39 is 0 Å². The Morgan fingerprint density at radius 3 is 2.51 bits per heavy atom. The van der Waals surface area contributed by atoms with Crippen LogP contribution in [0, 0.1) is 0 Å². The molecule has 10 heteroatoms. The molecule has 2 aliphatic rings. The second kappa shape index (κ2) is 9.13. The minimum absolute atomic E-state index is 0.0379. The molecule has 178 valence electrons. The number of piperazine rings is 1. The van der Waals surface area contributed by atoms with Crippen molar-refractivity contribution in [2.75, 3.05) is 54.5 Å². The highest BCUT2D eigenvalue weighted by Crippen LogP contribution is 2.32. The highest BCUT2D eigenvalue weighted by atomic mass is 16.6. The van der Waals surface area contributed by atoms with Gasteiger partial charge in [0.15, 0.2) is 17.1 Å². The number of rotatable bonds is 5. The molecule has 1 amide bonds. The first-order chi connectivity index (χ1) is 17.2. The van der Waals surface area contributed by atoms with E-state index in [2.05, 4.69) is 54.4 Å². The van der Waals surface area contributed by atoms with E-state index >= 15 is 0 Å². The van der Waals surface area contributed by atoms with E-state index in [-0.39, 0.29) is 12.5 Å². The summed E-state index contributed by atoms with van der Waals surface area (Å²) in [4.78, 5) is 26.3. The van der Waals surface area contributed by atoms with Crippen molar-refractivity contribution >= 4 is 34.1 Å². The van der Waals surface area contributed by atoms with Gasteiger partial charge in [0.05, 0.1) is 11.6 Å². The van der Waals surface area contributed by atoms with Crippen LogP contribution in [-0.2, 0) is 11.3 Å². The number of carbonyl (C=O) groups excluding carboxylic acids is 1. The number of ether oxygens (including phenoxy) is 2. The Morgan fingerprint density at radius 2 is 1.69 bits per heavy atom. The lowest BCUT2D eigenvalue weighted by atomic mass is 10.2. The summed E-state index contributed by atoms with van der Waals surface area (Å²) in [6, 6.07) is 15.8. The minimum atomic E-state index is -0.205. The highest BCUT2D eigenvalue weighted by Gasteiger charge is 2.22. The van der Waals surface area contributed by atoms with Crippen molar-refractivity contribution in [2.24, 2.45) is 0 Å². The first-order valence-electron chi connectivity index (χ1n) is 11.7. The number of nitrogens with zero attached hydrogens (tertiary/aromatic N) is 6. The fraction of sp³-hybridized carbons (Fsp3) is 0.280. The van der Waals surface area contributed by atoms with Crippen molar-refractivity contribution in [2.45, 2.75) is 6.54 Å². The third-order valence-electron chi connectivity index (χ3n) is 6.23. The van der Waals surface area contributed by atoms with Crippen molar-refractivity contribution < 1.29 is 14.3 Å². The third kappa shape index (κ3) is 4.30. The number of aromatic nitrogens is 4. The van der Waals surface area contributed by atoms with Gasteiger partial charge in [-0.1, -0.05) is 18.2 Å². The molecule has 0 bridgehead atoms. The van der Waals surface area contributed by atoms with Crippen LogP contribution in [0.5, 0.6) is 11.5 Å². The average molecular weight is 472 g/mol. The van der Waals surface area contributed by atoms with Crippen LogP contribution in [0.2, 0.25) is 0 Å². The van der Waals surface area contributed by atoms with E-state index in [1.807, 2.05) is 6.07 Å². The predicted molar refractivity (Wildman–Crippen MR) is 132 cm³/mol. The van der Waals surface area contributed by atoms with Gasteiger partial charge in [-0.3, -0.25) is 4.79 Å². The van der Waals surface area contributed by atoms with E-state index in [0.717, 1.165) is 37.4 Å². The molecule has 1 saturated heterocycles. The van der Waals surface area contributed by atoms with Gasteiger partial charge in [0.25, 0.3) is 0 Å². The molecule has 1 N–H and O–H groups in total. The molecule has 10 nitrogen and oxygen atoms in total. The molecular weight excluding hydrogens is 446 g/mol. The molecule has 0 unspecified atom stereocenters. The Labute approximate surface area is 202 Å². The van der Waals surface area contributed by atoms with Crippen LogP contribution >= 0.6 is 0 Å². The maximum Gasteiger partial charge on any atom is 0.246 e. The molecule has 1 fully saturated rings. The van der Waals surface area contributed by atoms with Gasteiger partial charge in [-0.25, -0.2) is 14.6 Å². The van der Waals surface area contributed by atoms with Crippen molar-refractivity contribution in [3.63, 3.8) is 0 Å². The second-order valence-corrected chi connectivity index (χ2v) is 8.45. The van der Waals surface area contributed by atoms with Crippen molar-refractivity contribution in [1.29, 1.82) is 0 Å².